The fourth-order valence-electron chi connectivity index (χ4n) is 4.00. The standard InChI is InChI=1S/C20H29NO10/c1-9(24)21-10-2-4-11(5-3-10)30-20-18(28)17(27)15(14(8-23)31-20)19-16(26)13(25)6-12(7-22)29-19/h2-5,12-20,22-23,25-28H,6-8H2,1H3,(H,21,24)/t12?,13?,14?,15-,16-,17?,18?,19?,20+/m1/s1. The van der Waals surface area contributed by atoms with E-state index < -0.39 is 68.1 Å². The minimum atomic E-state index is -1.56. The highest BCUT2D eigenvalue weighted by molar-refractivity contribution is 5.88. The summed E-state index contributed by atoms with van der Waals surface area (Å²) >= 11 is 0. The summed E-state index contributed by atoms with van der Waals surface area (Å²) in [5, 5.41) is 63.5. The summed E-state index contributed by atoms with van der Waals surface area (Å²) in [5.41, 5.74) is 0.540. The van der Waals surface area contributed by atoms with E-state index in [1.54, 1.807) is 12.1 Å². The van der Waals surface area contributed by atoms with Gasteiger partial charge in [0.05, 0.1) is 43.7 Å². The van der Waals surface area contributed by atoms with Crippen molar-refractivity contribution >= 4 is 11.6 Å². The van der Waals surface area contributed by atoms with Crippen LogP contribution in [0.3, 0.4) is 0 Å². The molecule has 31 heavy (non-hydrogen) atoms. The molecule has 2 aliphatic rings. The van der Waals surface area contributed by atoms with Crippen molar-refractivity contribution in [1.82, 2.24) is 0 Å². The average molecular weight is 443 g/mol. The number of aliphatic hydroxyl groups excluding tert-OH is 6. The Morgan fingerprint density at radius 2 is 1.71 bits per heavy atom. The Morgan fingerprint density at radius 1 is 1.03 bits per heavy atom. The second-order valence-corrected chi connectivity index (χ2v) is 7.81. The maximum Gasteiger partial charge on any atom is 0.229 e. The Hall–Kier alpha value is -1.83. The minimum absolute atomic E-state index is 0.00437. The molecule has 0 aliphatic carbocycles. The molecule has 11 nitrogen and oxygen atoms in total. The molecule has 0 aromatic heterocycles. The summed E-state index contributed by atoms with van der Waals surface area (Å²) in [6, 6.07) is 6.22. The molecule has 0 saturated carbocycles. The zero-order chi connectivity index (χ0) is 22.7. The molecule has 7 N–H and O–H groups in total. The quantitative estimate of drug-likeness (QED) is 0.259. The molecule has 3 rings (SSSR count). The van der Waals surface area contributed by atoms with Gasteiger partial charge in [-0.2, -0.15) is 0 Å². The van der Waals surface area contributed by atoms with E-state index in [2.05, 4.69) is 5.32 Å². The molecule has 2 aliphatic heterocycles. The van der Waals surface area contributed by atoms with Gasteiger partial charge >= 0.3 is 0 Å². The molecule has 6 unspecified atom stereocenters. The Bertz CT molecular complexity index is 729. The fourth-order valence-corrected chi connectivity index (χ4v) is 4.00. The SMILES string of the molecule is CC(=O)Nc1ccc(O[C@H]2OC(CO)[C@@H](C3OC(CO)CC(O)[C@H]3O)C(O)C2O)cc1. The number of ether oxygens (including phenoxy) is 3. The van der Waals surface area contributed by atoms with Gasteiger partial charge in [-0.25, -0.2) is 0 Å². The number of aliphatic hydroxyl groups is 6. The van der Waals surface area contributed by atoms with Gasteiger partial charge < -0.3 is 50.2 Å². The van der Waals surface area contributed by atoms with Crippen molar-refractivity contribution in [2.45, 2.75) is 62.4 Å². The topological polar surface area (TPSA) is 178 Å². The van der Waals surface area contributed by atoms with Crippen molar-refractivity contribution in [3.05, 3.63) is 24.3 Å². The number of carbonyl (C=O) groups excluding carboxylic acids is 1. The van der Waals surface area contributed by atoms with Gasteiger partial charge in [-0.3, -0.25) is 4.79 Å². The van der Waals surface area contributed by atoms with Gasteiger partial charge in [0.15, 0.2) is 0 Å². The lowest BCUT2D eigenvalue weighted by atomic mass is 9.79. The fraction of sp³-hybridized carbons (Fsp3) is 0.650. The van der Waals surface area contributed by atoms with Crippen LogP contribution in [0.1, 0.15) is 13.3 Å². The monoisotopic (exact) mass is 443 g/mol. The van der Waals surface area contributed by atoms with Crippen LogP contribution in [-0.4, -0.2) is 98.8 Å². The molecule has 11 heteroatoms. The highest BCUT2D eigenvalue weighted by atomic mass is 16.7. The van der Waals surface area contributed by atoms with E-state index in [9.17, 15) is 35.4 Å². The van der Waals surface area contributed by atoms with Crippen LogP contribution in [0, 0.1) is 5.92 Å². The number of carbonyl (C=O) groups is 1. The van der Waals surface area contributed by atoms with Crippen molar-refractivity contribution in [2.75, 3.05) is 18.5 Å². The highest BCUT2D eigenvalue weighted by Crippen LogP contribution is 2.36. The molecule has 2 saturated heterocycles. The molecule has 2 fully saturated rings. The summed E-state index contributed by atoms with van der Waals surface area (Å²) < 4.78 is 16.9. The van der Waals surface area contributed by atoms with Crippen LogP contribution < -0.4 is 10.1 Å². The van der Waals surface area contributed by atoms with Crippen molar-refractivity contribution in [2.24, 2.45) is 5.92 Å². The van der Waals surface area contributed by atoms with Crippen LogP contribution in [0.5, 0.6) is 5.75 Å². The van der Waals surface area contributed by atoms with Crippen LogP contribution in [0.15, 0.2) is 24.3 Å². The third kappa shape index (κ3) is 5.33. The molecule has 174 valence electrons. The van der Waals surface area contributed by atoms with Gasteiger partial charge in [0.25, 0.3) is 0 Å². The van der Waals surface area contributed by atoms with E-state index in [1.807, 2.05) is 0 Å². The van der Waals surface area contributed by atoms with Crippen LogP contribution in [0.25, 0.3) is 0 Å². The van der Waals surface area contributed by atoms with E-state index in [0.29, 0.717) is 5.69 Å². The second kappa shape index (κ2) is 10.2. The molecule has 2 heterocycles. The lowest BCUT2D eigenvalue weighted by molar-refractivity contribution is -0.299. The minimum Gasteiger partial charge on any atom is -0.462 e. The number of nitrogens with one attached hydrogen (secondary N) is 1. The van der Waals surface area contributed by atoms with Crippen LogP contribution >= 0.6 is 0 Å². The van der Waals surface area contributed by atoms with Crippen LogP contribution in [0.2, 0.25) is 0 Å². The number of anilines is 1. The van der Waals surface area contributed by atoms with Gasteiger partial charge in [-0.05, 0) is 24.3 Å². The lowest BCUT2D eigenvalue weighted by Crippen LogP contribution is -2.65. The first-order chi connectivity index (χ1) is 14.7. The second-order valence-electron chi connectivity index (χ2n) is 7.81. The van der Waals surface area contributed by atoms with Crippen LogP contribution in [0.4, 0.5) is 5.69 Å². The van der Waals surface area contributed by atoms with Crippen molar-refractivity contribution in [3.8, 4) is 5.75 Å². The number of amides is 1. The van der Waals surface area contributed by atoms with Crippen molar-refractivity contribution in [3.63, 3.8) is 0 Å². The predicted octanol–water partition coefficient (Wildman–Crippen LogP) is -2.05. The van der Waals surface area contributed by atoms with Gasteiger partial charge in [-0.1, -0.05) is 0 Å². The van der Waals surface area contributed by atoms with Gasteiger partial charge in [0, 0.05) is 24.9 Å². The van der Waals surface area contributed by atoms with Gasteiger partial charge in [-0.15, -0.1) is 0 Å². The summed E-state index contributed by atoms with van der Waals surface area (Å²) in [4.78, 5) is 11.1. The summed E-state index contributed by atoms with van der Waals surface area (Å²) in [7, 11) is 0. The smallest absolute Gasteiger partial charge is 0.229 e. The summed E-state index contributed by atoms with van der Waals surface area (Å²) in [6.45, 7) is 0.386. The van der Waals surface area contributed by atoms with Gasteiger partial charge in [0.1, 0.15) is 18.0 Å². The Balaban J connectivity index is 1.73. The molecule has 1 amide bonds. The van der Waals surface area contributed by atoms with Crippen molar-refractivity contribution < 1.29 is 49.6 Å². The summed E-state index contributed by atoms with van der Waals surface area (Å²) in [5.74, 6) is -1.05. The summed E-state index contributed by atoms with van der Waals surface area (Å²) in [6.07, 6.45) is -10.1. The van der Waals surface area contributed by atoms with E-state index in [0.717, 1.165) is 0 Å². The molecule has 1 aromatic carbocycles. The van der Waals surface area contributed by atoms with E-state index >= 15 is 0 Å². The maximum absolute atomic E-state index is 11.1. The molecule has 0 bridgehead atoms. The zero-order valence-electron chi connectivity index (χ0n) is 16.9. The van der Waals surface area contributed by atoms with Gasteiger partial charge in [0.2, 0.25) is 12.2 Å². The molecule has 0 radical (unpaired) electrons. The first-order valence-corrected chi connectivity index (χ1v) is 10.0. The third-order valence-electron chi connectivity index (χ3n) is 5.54. The largest absolute Gasteiger partial charge is 0.462 e. The highest BCUT2D eigenvalue weighted by Gasteiger charge is 2.53. The van der Waals surface area contributed by atoms with Crippen LogP contribution in [-0.2, 0) is 14.3 Å². The molecular formula is C20H29NO10. The molecule has 0 spiro atoms. The number of hydrogen-bond donors (Lipinski definition) is 7. The molecule has 1 aromatic rings. The normalized spacial score (nSPS) is 38.5. The Kier molecular flexibility index (Phi) is 7.83. The Morgan fingerprint density at radius 3 is 2.29 bits per heavy atom. The first kappa shape index (κ1) is 23.8. The predicted molar refractivity (Wildman–Crippen MR) is 105 cm³/mol. The molecular weight excluding hydrogens is 414 g/mol. The van der Waals surface area contributed by atoms with E-state index in [4.69, 9.17) is 14.2 Å². The van der Waals surface area contributed by atoms with E-state index in [-0.39, 0.29) is 18.1 Å². The zero-order valence-corrected chi connectivity index (χ0v) is 16.9. The van der Waals surface area contributed by atoms with E-state index in [1.165, 1.54) is 19.1 Å². The first-order valence-electron chi connectivity index (χ1n) is 10.0. The third-order valence-corrected chi connectivity index (χ3v) is 5.54. The Labute approximate surface area is 178 Å². The average Bonchev–Trinajstić information content (AvgIpc) is 2.74. The number of benzene rings is 1. The van der Waals surface area contributed by atoms with Crippen molar-refractivity contribution in [1.29, 1.82) is 0 Å². The number of hydrogen-bond acceptors (Lipinski definition) is 10. The lowest BCUT2D eigenvalue weighted by Gasteiger charge is -2.48. The number of rotatable bonds is 6. The maximum atomic E-state index is 11.1. The molecule has 9 atom stereocenters.